The van der Waals surface area contributed by atoms with Gasteiger partial charge in [0.1, 0.15) is 5.82 Å². The van der Waals surface area contributed by atoms with Crippen LogP contribution in [-0.4, -0.2) is 33.3 Å². The Morgan fingerprint density at radius 1 is 1.23 bits per heavy atom. The summed E-state index contributed by atoms with van der Waals surface area (Å²) in [5, 5.41) is 19.0. The summed E-state index contributed by atoms with van der Waals surface area (Å²) >= 11 is 9.68. The normalized spacial score (nSPS) is 11.3. The summed E-state index contributed by atoms with van der Waals surface area (Å²) in [6.07, 6.45) is 1.28. The first-order valence-electron chi connectivity index (χ1n) is 11.8. The number of benzene rings is 3. The molecule has 0 radical (unpaired) electrons. The SMILES string of the molecule is Cc1ccc(NC(=O)COc2c(Cl)cc(C=Nn3c(C(C)C)nc4ccc(Br)cc4c3=O)cc2[N+](=O)[O-])cc1. The van der Waals surface area contributed by atoms with Crippen molar-refractivity contribution in [2.45, 2.75) is 26.7 Å². The fraction of sp³-hybridized carbons (Fsp3) is 0.185. The van der Waals surface area contributed by atoms with Crippen LogP contribution in [0, 0.1) is 17.0 Å². The molecular weight excluding hydrogens is 590 g/mol. The lowest BCUT2D eigenvalue weighted by Crippen LogP contribution is -2.23. The summed E-state index contributed by atoms with van der Waals surface area (Å²) in [5.41, 5.74) is 1.54. The average Bonchev–Trinajstić information content (AvgIpc) is 2.88. The number of nitro benzene ring substituents is 1. The van der Waals surface area contributed by atoms with Gasteiger partial charge in [0.15, 0.2) is 6.61 Å². The van der Waals surface area contributed by atoms with E-state index in [1.807, 2.05) is 32.9 Å². The van der Waals surface area contributed by atoms with Crippen LogP contribution in [0.2, 0.25) is 5.02 Å². The molecule has 4 rings (SSSR count). The van der Waals surface area contributed by atoms with Gasteiger partial charge in [0.05, 0.1) is 27.1 Å². The smallest absolute Gasteiger partial charge is 0.313 e. The third-order valence-electron chi connectivity index (χ3n) is 5.60. The lowest BCUT2D eigenvalue weighted by Gasteiger charge is -2.12. The van der Waals surface area contributed by atoms with Crippen LogP contribution < -0.4 is 15.6 Å². The zero-order valence-electron chi connectivity index (χ0n) is 21.1. The Morgan fingerprint density at radius 3 is 2.62 bits per heavy atom. The Balaban J connectivity index is 1.62. The molecule has 4 aromatic rings. The van der Waals surface area contributed by atoms with E-state index in [1.54, 1.807) is 30.3 Å². The molecule has 0 atom stereocenters. The predicted molar refractivity (Wildman–Crippen MR) is 154 cm³/mol. The van der Waals surface area contributed by atoms with Crippen LogP contribution in [0.1, 0.15) is 36.7 Å². The number of carbonyl (C=O) groups excluding carboxylic acids is 1. The van der Waals surface area contributed by atoms with Gasteiger partial charge >= 0.3 is 5.69 Å². The molecule has 0 saturated carbocycles. The maximum Gasteiger partial charge on any atom is 0.313 e. The Kier molecular flexibility index (Phi) is 8.41. The summed E-state index contributed by atoms with van der Waals surface area (Å²) in [4.78, 5) is 41.2. The second-order valence-corrected chi connectivity index (χ2v) is 10.3. The molecule has 3 aromatic carbocycles. The number of hydrogen-bond donors (Lipinski definition) is 1. The quantitative estimate of drug-likeness (QED) is 0.146. The number of rotatable bonds is 8. The van der Waals surface area contributed by atoms with Gasteiger partial charge in [-0.15, -0.1) is 0 Å². The van der Waals surface area contributed by atoms with Gasteiger partial charge in [0.2, 0.25) is 5.75 Å². The van der Waals surface area contributed by atoms with Gasteiger partial charge in [-0.1, -0.05) is 59.1 Å². The number of ether oxygens (including phenoxy) is 1. The van der Waals surface area contributed by atoms with Gasteiger partial charge < -0.3 is 10.1 Å². The Hall–Kier alpha value is -4.09. The number of hydrogen-bond acceptors (Lipinski definition) is 7. The van der Waals surface area contributed by atoms with Gasteiger partial charge in [0, 0.05) is 27.7 Å². The van der Waals surface area contributed by atoms with E-state index in [9.17, 15) is 19.7 Å². The molecular formula is C27H23BrClN5O5. The fourth-order valence-electron chi connectivity index (χ4n) is 3.70. The summed E-state index contributed by atoms with van der Waals surface area (Å²) < 4.78 is 7.31. The van der Waals surface area contributed by atoms with Crippen LogP contribution in [0.5, 0.6) is 5.75 Å². The van der Waals surface area contributed by atoms with E-state index in [2.05, 4.69) is 31.3 Å². The van der Waals surface area contributed by atoms with Gasteiger partial charge in [-0.25, -0.2) is 4.98 Å². The number of nitrogens with one attached hydrogen (secondary N) is 1. The van der Waals surface area contributed by atoms with Crippen molar-refractivity contribution in [1.82, 2.24) is 9.66 Å². The number of carbonyl (C=O) groups is 1. The molecule has 39 heavy (non-hydrogen) atoms. The number of anilines is 1. The highest BCUT2D eigenvalue weighted by Gasteiger charge is 2.22. The summed E-state index contributed by atoms with van der Waals surface area (Å²) in [6, 6.07) is 14.9. The minimum absolute atomic E-state index is 0.0919. The van der Waals surface area contributed by atoms with E-state index in [-0.39, 0.29) is 27.8 Å². The van der Waals surface area contributed by atoms with Crippen molar-refractivity contribution < 1.29 is 14.5 Å². The fourth-order valence-corrected chi connectivity index (χ4v) is 4.34. The van der Waals surface area contributed by atoms with Crippen LogP contribution in [0.25, 0.3) is 10.9 Å². The minimum atomic E-state index is -0.669. The molecule has 1 N–H and O–H groups in total. The molecule has 0 bridgehead atoms. The third kappa shape index (κ3) is 6.50. The minimum Gasteiger partial charge on any atom is -0.476 e. The van der Waals surface area contributed by atoms with Crippen molar-refractivity contribution in [1.29, 1.82) is 0 Å². The molecule has 0 fully saturated rings. The van der Waals surface area contributed by atoms with Crippen LogP contribution in [0.4, 0.5) is 11.4 Å². The standard InChI is InChI=1S/C27H23BrClN5O5/c1-15(2)26-32-22-9-6-18(28)12-20(22)27(36)33(26)30-13-17-10-21(29)25(23(11-17)34(37)38)39-14-24(35)31-19-7-4-16(3)5-8-19/h4-13,15H,14H2,1-3H3,(H,31,35). The molecule has 1 amide bonds. The topological polar surface area (TPSA) is 129 Å². The molecule has 1 heterocycles. The first-order chi connectivity index (χ1) is 18.5. The summed E-state index contributed by atoms with van der Waals surface area (Å²) in [7, 11) is 0. The van der Waals surface area contributed by atoms with Crippen molar-refractivity contribution in [3.05, 3.63) is 102 Å². The zero-order chi connectivity index (χ0) is 28.3. The first-order valence-corrected chi connectivity index (χ1v) is 12.9. The second-order valence-electron chi connectivity index (χ2n) is 8.96. The Morgan fingerprint density at radius 2 is 1.95 bits per heavy atom. The van der Waals surface area contributed by atoms with E-state index in [4.69, 9.17) is 16.3 Å². The van der Waals surface area contributed by atoms with E-state index in [0.717, 1.165) is 5.56 Å². The van der Waals surface area contributed by atoms with Crippen molar-refractivity contribution in [3.8, 4) is 5.75 Å². The maximum atomic E-state index is 13.2. The lowest BCUT2D eigenvalue weighted by atomic mass is 10.2. The van der Waals surface area contributed by atoms with Gasteiger partial charge in [-0.2, -0.15) is 9.78 Å². The highest BCUT2D eigenvalue weighted by molar-refractivity contribution is 9.10. The van der Waals surface area contributed by atoms with Crippen molar-refractivity contribution in [2.24, 2.45) is 5.10 Å². The van der Waals surface area contributed by atoms with E-state index < -0.39 is 23.1 Å². The number of aromatic nitrogens is 2. The molecule has 0 aliphatic carbocycles. The predicted octanol–water partition coefficient (Wildman–Crippen LogP) is 6.05. The van der Waals surface area contributed by atoms with E-state index in [1.165, 1.54) is 23.0 Å². The Bertz CT molecular complexity index is 1670. The molecule has 12 heteroatoms. The molecule has 0 unspecified atom stereocenters. The van der Waals surface area contributed by atoms with Crippen LogP contribution in [0.15, 0.2) is 69.0 Å². The molecule has 200 valence electrons. The largest absolute Gasteiger partial charge is 0.476 e. The highest BCUT2D eigenvalue weighted by Crippen LogP contribution is 2.36. The first kappa shape index (κ1) is 27.9. The van der Waals surface area contributed by atoms with Gasteiger partial charge in [-0.05, 0) is 43.3 Å². The molecule has 0 aliphatic rings. The van der Waals surface area contributed by atoms with Crippen LogP contribution in [0.3, 0.4) is 0 Å². The summed E-state index contributed by atoms with van der Waals surface area (Å²) in [6.45, 7) is 5.18. The summed E-state index contributed by atoms with van der Waals surface area (Å²) in [5.74, 6) is -0.477. The third-order valence-corrected chi connectivity index (χ3v) is 6.37. The Labute approximate surface area is 236 Å². The number of amides is 1. The van der Waals surface area contributed by atoms with E-state index >= 15 is 0 Å². The number of halogens is 2. The molecule has 0 aliphatic heterocycles. The average molecular weight is 613 g/mol. The van der Waals surface area contributed by atoms with Gasteiger partial charge in [-0.3, -0.25) is 19.7 Å². The maximum absolute atomic E-state index is 13.2. The van der Waals surface area contributed by atoms with Crippen molar-refractivity contribution >= 4 is 61.9 Å². The number of nitro groups is 1. The number of aryl methyl sites for hydroxylation is 1. The molecule has 0 saturated heterocycles. The van der Waals surface area contributed by atoms with Crippen molar-refractivity contribution in [3.63, 3.8) is 0 Å². The second kappa shape index (κ2) is 11.7. The molecule has 10 nitrogen and oxygen atoms in total. The lowest BCUT2D eigenvalue weighted by molar-refractivity contribution is -0.385. The van der Waals surface area contributed by atoms with E-state index in [0.29, 0.717) is 26.9 Å². The van der Waals surface area contributed by atoms with Crippen LogP contribution >= 0.6 is 27.5 Å². The molecule has 0 spiro atoms. The number of nitrogens with zero attached hydrogens (tertiary/aromatic N) is 4. The number of fused-ring (bicyclic) bond motifs is 1. The van der Waals surface area contributed by atoms with Gasteiger partial charge in [0.25, 0.3) is 11.5 Å². The monoisotopic (exact) mass is 611 g/mol. The van der Waals surface area contributed by atoms with Crippen molar-refractivity contribution in [2.75, 3.05) is 11.9 Å². The van der Waals surface area contributed by atoms with Crippen LogP contribution in [-0.2, 0) is 4.79 Å². The zero-order valence-corrected chi connectivity index (χ0v) is 23.5. The molecule has 1 aromatic heterocycles. The highest BCUT2D eigenvalue weighted by atomic mass is 79.9.